The maximum atomic E-state index is 12.0. The van der Waals surface area contributed by atoms with E-state index in [0.29, 0.717) is 67.5 Å². The van der Waals surface area contributed by atoms with Crippen molar-refractivity contribution >= 4 is 75.2 Å². The van der Waals surface area contributed by atoms with Crippen LogP contribution in [0.3, 0.4) is 0 Å². The van der Waals surface area contributed by atoms with Crippen molar-refractivity contribution in [2.24, 2.45) is 0 Å². The molecule has 530 valence electrons. The molecule has 4 rings (SSSR count). The topological polar surface area (TPSA) is 208 Å². The number of alkyl halides is 1. The summed E-state index contributed by atoms with van der Waals surface area (Å²) in [5.74, 6) is 4.93. The van der Waals surface area contributed by atoms with Gasteiger partial charge in [0.2, 0.25) is 0 Å². The molecule has 4 aromatic carbocycles. The smallest absolute Gasteiger partial charge is 0.507 e. The van der Waals surface area contributed by atoms with Gasteiger partial charge < -0.3 is 57.4 Å². The highest BCUT2D eigenvalue weighted by molar-refractivity contribution is 14.1. The van der Waals surface area contributed by atoms with E-state index in [4.69, 9.17) is 38.1 Å². The SMILES string of the molecule is CC(C)c1cccc(C(C)C)c1O.CC(C)c1cccc(C(C)C)c1OC(=O)OCCN(C)C.CC(C)c1cccc(C(C)C)c1OC(=O)OCC[N+](C)(C)C.CC(C)c1cccc(C(C)C)c1OC(=O)OCC[N+](C)(C)C.CI.CN(C)CCO.CS(=O)(=O)O.I. The Kier molecular flexibility index (Phi) is 49.4. The van der Waals surface area contributed by atoms with Crippen LogP contribution in [0.4, 0.5) is 14.4 Å². The predicted molar refractivity (Wildman–Crippen MR) is 399 cm³/mol. The Balaban J connectivity index is -0.000000530. The van der Waals surface area contributed by atoms with E-state index in [9.17, 15) is 27.9 Å². The number of hydrogen-bond acceptors (Lipinski definition) is 15. The number of benzene rings is 4. The first-order chi connectivity index (χ1) is 41.9. The minimum absolute atomic E-state index is 0. The number of nitrogens with zero attached hydrogens (tertiary/aromatic N) is 4. The van der Waals surface area contributed by atoms with Crippen LogP contribution in [-0.4, -0.2) is 195 Å². The number of aliphatic hydroxyl groups excluding tert-OH is 1. The third kappa shape index (κ3) is 43.6. The van der Waals surface area contributed by atoms with Gasteiger partial charge in [-0.05, 0) is 125 Å². The molecule has 0 radical (unpaired) electrons. The van der Waals surface area contributed by atoms with Crippen molar-refractivity contribution in [3.8, 4) is 23.0 Å². The third-order valence-corrected chi connectivity index (χ3v) is 13.1. The van der Waals surface area contributed by atoms with Gasteiger partial charge in [0.25, 0.3) is 10.1 Å². The largest absolute Gasteiger partial charge is 0.514 e. The first-order valence-electron chi connectivity index (χ1n) is 31.4. The van der Waals surface area contributed by atoms with Crippen molar-refractivity contribution in [1.82, 2.24) is 9.80 Å². The number of phenolic OH excluding ortho intramolecular Hbond substituents is 1. The summed E-state index contributed by atoms with van der Waals surface area (Å²) in [5, 5.41) is 18.1. The van der Waals surface area contributed by atoms with Crippen LogP contribution in [0, 0.1) is 0 Å². The molecule has 0 saturated carbocycles. The van der Waals surface area contributed by atoms with E-state index < -0.39 is 28.6 Å². The summed E-state index contributed by atoms with van der Waals surface area (Å²) in [6, 6.07) is 24.1. The van der Waals surface area contributed by atoms with Gasteiger partial charge in [0, 0.05) is 13.1 Å². The molecule has 3 N–H and O–H groups in total. The molecule has 0 heterocycles. The molecule has 0 unspecified atom stereocenters. The number of phenols is 1. The summed E-state index contributed by atoms with van der Waals surface area (Å²) in [6.07, 6.45) is -1.16. The van der Waals surface area contributed by atoms with Gasteiger partial charge >= 0.3 is 18.5 Å². The second kappa shape index (κ2) is 48.4. The van der Waals surface area contributed by atoms with Crippen molar-refractivity contribution in [2.75, 3.05) is 134 Å². The summed E-state index contributed by atoms with van der Waals surface area (Å²) in [5.41, 5.74) is 8.31. The predicted octanol–water partition coefficient (Wildman–Crippen LogP) is 16.7. The highest BCUT2D eigenvalue weighted by Crippen LogP contribution is 2.38. The van der Waals surface area contributed by atoms with Crippen LogP contribution in [0.2, 0.25) is 0 Å². The van der Waals surface area contributed by atoms with Crippen molar-refractivity contribution in [1.29, 1.82) is 0 Å². The maximum Gasteiger partial charge on any atom is 0.514 e. The van der Waals surface area contributed by atoms with Gasteiger partial charge in [0.05, 0.1) is 55.1 Å². The fourth-order valence-electron chi connectivity index (χ4n) is 7.97. The van der Waals surface area contributed by atoms with Crippen molar-refractivity contribution in [2.45, 2.75) is 158 Å². The van der Waals surface area contributed by atoms with E-state index in [2.05, 4.69) is 176 Å². The average molecular weight is 1540 g/mol. The van der Waals surface area contributed by atoms with Gasteiger partial charge in [0.1, 0.15) is 55.9 Å². The van der Waals surface area contributed by atoms with Crippen molar-refractivity contribution in [3.63, 3.8) is 0 Å². The summed E-state index contributed by atoms with van der Waals surface area (Å²) in [6.45, 7) is 37.7. The highest BCUT2D eigenvalue weighted by atomic mass is 127. The molecule has 4 aromatic rings. The molecule has 0 amide bonds. The molecule has 21 heteroatoms. The molecule has 0 fully saturated rings. The van der Waals surface area contributed by atoms with E-state index in [1.807, 2.05) is 116 Å². The van der Waals surface area contributed by atoms with Gasteiger partial charge in [-0.25, -0.2) is 14.4 Å². The highest BCUT2D eigenvalue weighted by Gasteiger charge is 2.23. The van der Waals surface area contributed by atoms with Gasteiger partial charge in [-0.3, -0.25) is 4.55 Å². The van der Waals surface area contributed by atoms with Gasteiger partial charge in [0.15, 0.2) is 0 Å². The Labute approximate surface area is 588 Å². The first-order valence-corrected chi connectivity index (χ1v) is 35.4. The zero-order chi connectivity index (χ0) is 71.3. The number of likely N-dealkylation sites (N-methyl/N-ethyl adjacent to an activating group) is 4. The van der Waals surface area contributed by atoms with Gasteiger partial charge in [-0.1, -0.05) is 206 Å². The Hall–Kier alpha value is -4.34. The number of para-hydroxylation sites is 4. The summed E-state index contributed by atoms with van der Waals surface area (Å²) in [7, 11) is 16.4. The lowest BCUT2D eigenvalue weighted by Gasteiger charge is -2.23. The number of aliphatic hydroxyl groups is 1. The standard InChI is InChI=1S/2C18H30NO3.C17H27NO3.C12H18O.C4H11NO.CH3I.CH4O3S.HI/c2*1-13(2)15-9-8-10-16(14(3)4)17(15)22-18(20)21-12-11-19(5,6)7;1-12(2)14-8-7-9-15(13(3)4)16(14)21-17(19)20-11-10-18(5)6;1-8(2)10-6-5-7-11(9(3)4)12(10)13;1-5(2)3-4-6;1-2;1-5(2,3)4;/h2*8-10,13-14H,11-12H2,1-7H3;7-9,12-13H,10-11H2,1-6H3;5-9,13H,1-4H3;6H,3-4H2,1-2H3;1H3;1H3,(H,2,3,4);1H/q2*+1;;;;;;. The fourth-order valence-corrected chi connectivity index (χ4v) is 7.97. The summed E-state index contributed by atoms with van der Waals surface area (Å²) in [4.78, 5) is 41.7. The van der Waals surface area contributed by atoms with E-state index in [0.717, 1.165) is 73.1 Å². The van der Waals surface area contributed by atoms with E-state index in [-0.39, 0.29) is 66.1 Å². The quantitative estimate of drug-likeness (QED) is 0.0127. The van der Waals surface area contributed by atoms with Crippen LogP contribution in [-0.2, 0) is 24.3 Å². The molecule has 0 aliphatic rings. The Morgan fingerprint density at radius 1 is 0.435 bits per heavy atom. The van der Waals surface area contributed by atoms with Crippen LogP contribution >= 0.6 is 46.6 Å². The molecule has 0 spiro atoms. The van der Waals surface area contributed by atoms with Crippen LogP contribution < -0.4 is 14.2 Å². The third-order valence-electron chi connectivity index (χ3n) is 13.1. The zero-order valence-corrected chi connectivity index (χ0v) is 66.8. The second-order valence-corrected chi connectivity index (χ2v) is 28.5. The number of ether oxygens (including phenoxy) is 6. The number of carbonyl (C=O) groups excluding carboxylic acids is 3. The number of hydrogen-bond donors (Lipinski definition) is 3. The van der Waals surface area contributed by atoms with Crippen LogP contribution in [0.15, 0.2) is 72.8 Å². The molecular formula is C71H124I2N4O14S+2. The number of aromatic hydroxyl groups is 1. The molecular weight excluding hydrogens is 1420 g/mol. The Morgan fingerprint density at radius 2 is 0.630 bits per heavy atom. The first kappa shape index (κ1) is 94.1. The van der Waals surface area contributed by atoms with Crippen LogP contribution in [0.5, 0.6) is 23.0 Å². The van der Waals surface area contributed by atoms with Gasteiger partial charge in [-0.2, -0.15) is 8.42 Å². The molecule has 0 bridgehead atoms. The number of carbonyl (C=O) groups is 3. The van der Waals surface area contributed by atoms with Crippen LogP contribution in [0.1, 0.15) is 203 Å². The minimum atomic E-state index is -3.67. The Bertz CT molecular complexity index is 2590. The number of quaternary nitrogens is 2. The second-order valence-electron chi connectivity index (χ2n) is 27.0. The van der Waals surface area contributed by atoms with E-state index in [1.165, 1.54) is 0 Å². The monoisotopic (exact) mass is 1540 g/mol. The molecule has 0 aromatic heterocycles. The molecule has 92 heavy (non-hydrogen) atoms. The number of rotatable bonds is 22. The summed E-state index contributed by atoms with van der Waals surface area (Å²) >= 11 is 2.15. The molecule has 0 saturated heterocycles. The van der Waals surface area contributed by atoms with Crippen molar-refractivity contribution < 1.29 is 75.0 Å². The fraction of sp³-hybridized carbons (Fsp3) is 0.620. The molecule has 0 aliphatic heterocycles. The number of halogens is 2. The minimum Gasteiger partial charge on any atom is -0.507 e. The zero-order valence-electron chi connectivity index (χ0n) is 61.5. The van der Waals surface area contributed by atoms with Crippen LogP contribution in [0.25, 0.3) is 0 Å². The summed E-state index contributed by atoms with van der Waals surface area (Å²) < 4.78 is 59.5. The lowest BCUT2D eigenvalue weighted by molar-refractivity contribution is -0.870. The molecule has 0 aliphatic carbocycles. The van der Waals surface area contributed by atoms with E-state index in [1.54, 1.807) is 0 Å². The maximum absolute atomic E-state index is 12.0. The van der Waals surface area contributed by atoms with Gasteiger partial charge in [-0.15, -0.1) is 24.0 Å². The molecule has 0 atom stereocenters. The average Bonchev–Trinajstić information content (AvgIpc) is 0.871. The van der Waals surface area contributed by atoms with E-state index >= 15 is 0 Å². The Morgan fingerprint density at radius 3 is 0.793 bits per heavy atom. The van der Waals surface area contributed by atoms with Crippen molar-refractivity contribution in [3.05, 3.63) is 117 Å². The normalized spacial score (nSPS) is 11.2. The molecule has 18 nitrogen and oxygen atoms in total. The lowest BCUT2D eigenvalue weighted by atomic mass is 9.94. The lowest BCUT2D eigenvalue weighted by Crippen LogP contribution is -2.38.